The van der Waals surface area contributed by atoms with Crippen molar-refractivity contribution in [1.82, 2.24) is 4.98 Å². The zero-order valence-electron chi connectivity index (χ0n) is 13.5. The van der Waals surface area contributed by atoms with Crippen LogP contribution in [0.5, 0.6) is 11.8 Å². The van der Waals surface area contributed by atoms with E-state index >= 15 is 0 Å². The average molecular weight is 339 g/mol. The average Bonchev–Trinajstić information content (AvgIpc) is 3.09. The van der Waals surface area contributed by atoms with Gasteiger partial charge in [0.05, 0.1) is 6.20 Å². The number of carbonyl (C=O) groups is 1. The summed E-state index contributed by atoms with van der Waals surface area (Å²) in [6.45, 7) is 1.73. The van der Waals surface area contributed by atoms with Gasteiger partial charge in [0.1, 0.15) is 5.75 Å². The molecule has 0 bridgehead atoms. The number of phenols is 1. The molecule has 2 unspecified atom stereocenters. The number of aromatic nitrogens is 1. The third-order valence-corrected chi connectivity index (χ3v) is 3.89. The van der Waals surface area contributed by atoms with Crippen molar-refractivity contribution in [3.05, 3.63) is 66.4 Å². The first-order valence-electron chi connectivity index (χ1n) is 7.74. The van der Waals surface area contributed by atoms with Gasteiger partial charge in [-0.2, -0.15) is 4.98 Å². The molecular weight excluding hydrogens is 322 g/mol. The van der Waals surface area contributed by atoms with Crippen LogP contribution in [0.3, 0.4) is 0 Å². The molecule has 2 N–H and O–H groups in total. The number of hydrogen-bond acceptors (Lipinski definition) is 5. The lowest BCUT2D eigenvalue weighted by atomic mass is 9.95. The summed E-state index contributed by atoms with van der Waals surface area (Å²) < 4.78 is 11.0. The highest BCUT2D eigenvalue weighted by molar-refractivity contribution is 5.74. The predicted molar refractivity (Wildman–Crippen MR) is 90.5 cm³/mol. The first-order chi connectivity index (χ1) is 12.0. The molecule has 0 fully saturated rings. The van der Waals surface area contributed by atoms with Crippen molar-refractivity contribution in [3.63, 3.8) is 0 Å². The highest BCUT2D eigenvalue weighted by atomic mass is 16.6. The Morgan fingerprint density at radius 3 is 2.44 bits per heavy atom. The summed E-state index contributed by atoms with van der Waals surface area (Å²) in [6, 6.07) is 15.7. The minimum atomic E-state index is -1.17. The third kappa shape index (κ3) is 3.80. The Morgan fingerprint density at radius 1 is 1.12 bits per heavy atom. The van der Waals surface area contributed by atoms with Crippen LogP contribution >= 0.6 is 0 Å². The molecule has 0 aliphatic carbocycles. The highest BCUT2D eigenvalue weighted by Crippen LogP contribution is 2.28. The number of aromatic hydroxyl groups is 1. The van der Waals surface area contributed by atoms with E-state index in [4.69, 9.17) is 9.15 Å². The minimum Gasteiger partial charge on any atom is -0.508 e. The van der Waals surface area contributed by atoms with Crippen molar-refractivity contribution in [2.24, 2.45) is 0 Å². The molecule has 3 aromatic rings. The standard InChI is InChI=1S/C19H17NO5/c1-12(13-7-9-15(21)10-8-13)17(18(22)23)25-19-20-11-16(24-19)14-5-3-2-4-6-14/h2-12,17,21H,1H3,(H,22,23). The van der Waals surface area contributed by atoms with Crippen molar-refractivity contribution < 1.29 is 24.2 Å². The van der Waals surface area contributed by atoms with Gasteiger partial charge in [-0.15, -0.1) is 0 Å². The van der Waals surface area contributed by atoms with Crippen LogP contribution in [-0.4, -0.2) is 27.3 Å². The lowest BCUT2D eigenvalue weighted by molar-refractivity contribution is -0.146. The lowest BCUT2D eigenvalue weighted by Gasteiger charge is -2.19. The molecule has 0 radical (unpaired) electrons. The number of ether oxygens (including phenoxy) is 1. The molecule has 6 heteroatoms. The summed E-state index contributed by atoms with van der Waals surface area (Å²) in [5.74, 6) is -0.980. The number of hydrogen-bond donors (Lipinski definition) is 2. The molecule has 1 heterocycles. The summed E-state index contributed by atoms with van der Waals surface area (Å²) in [5.41, 5.74) is 1.54. The lowest BCUT2D eigenvalue weighted by Crippen LogP contribution is -2.32. The number of oxazole rings is 1. The predicted octanol–water partition coefficient (Wildman–Crippen LogP) is 3.68. The van der Waals surface area contributed by atoms with Crippen molar-refractivity contribution in [1.29, 1.82) is 0 Å². The van der Waals surface area contributed by atoms with Crippen molar-refractivity contribution in [2.75, 3.05) is 0 Å². The van der Waals surface area contributed by atoms with Crippen molar-refractivity contribution in [3.8, 4) is 23.1 Å². The van der Waals surface area contributed by atoms with E-state index in [1.807, 2.05) is 30.3 Å². The van der Waals surface area contributed by atoms with E-state index in [1.165, 1.54) is 18.3 Å². The summed E-state index contributed by atoms with van der Waals surface area (Å²) in [7, 11) is 0. The Bertz CT molecular complexity index is 842. The number of carboxylic acid groups (broad SMARTS) is 1. The van der Waals surface area contributed by atoms with Gasteiger partial charge in [-0.1, -0.05) is 49.4 Å². The number of benzene rings is 2. The van der Waals surface area contributed by atoms with Gasteiger partial charge in [0.25, 0.3) is 0 Å². The smallest absolute Gasteiger partial charge is 0.394 e. The highest BCUT2D eigenvalue weighted by Gasteiger charge is 2.30. The van der Waals surface area contributed by atoms with E-state index in [0.717, 1.165) is 11.1 Å². The van der Waals surface area contributed by atoms with Gasteiger partial charge in [-0.25, -0.2) is 4.79 Å². The molecule has 0 aliphatic heterocycles. The first kappa shape index (κ1) is 16.6. The Hall–Kier alpha value is -3.28. The molecule has 0 amide bonds. The Kier molecular flexibility index (Phi) is 4.70. The number of phenolic OH excluding ortho intramolecular Hbond substituents is 1. The van der Waals surface area contributed by atoms with E-state index in [0.29, 0.717) is 5.76 Å². The summed E-state index contributed by atoms with van der Waals surface area (Å²) in [6.07, 6.45) is 0.220. The minimum absolute atomic E-state index is 0.100. The fraction of sp³-hybridized carbons (Fsp3) is 0.158. The van der Waals surface area contributed by atoms with Crippen LogP contribution in [0.25, 0.3) is 11.3 Å². The summed E-state index contributed by atoms with van der Waals surface area (Å²) in [5, 5.41) is 18.9. The maximum absolute atomic E-state index is 11.6. The zero-order chi connectivity index (χ0) is 17.8. The maximum Gasteiger partial charge on any atom is 0.394 e. The fourth-order valence-electron chi connectivity index (χ4n) is 2.48. The SMILES string of the molecule is CC(c1ccc(O)cc1)C(Oc1ncc(-c2ccccc2)o1)C(=O)O. The topological polar surface area (TPSA) is 92.8 Å². The van der Waals surface area contributed by atoms with Crippen LogP contribution in [0.15, 0.2) is 65.2 Å². The second kappa shape index (κ2) is 7.09. The maximum atomic E-state index is 11.6. The van der Waals surface area contributed by atoms with Gasteiger partial charge in [0.15, 0.2) is 5.76 Å². The van der Waals surface area contributed by atoms with E-state index in [9.17, 15) is 15.0 Å². The summed E-state index contributed by atoms with van der Waals surface area (Å²) in [4.78, 5) is 15.6. The first-order valence-corrected chi connectivity index (χ1v) is 7.74. The Morgan fingerprint density at radius 2 is 1.80 bits per heavy atom. The van der Waals surface area contributed by atoms with Gasteiger partial charge >= 0.3 is 12.0 Å². The number of rotatable bonds is 6. The molecule has 2 atom stereocenters. The molecule has 3 rings (SSSR count). The molecule has 128 valence electrons. The molecule has 0 saturated carbocycles. The van der Waals surface area contributed by atoms with E-state index < -0.39 is 18.0 Å². The van der Waals surface area contributed by atoms with Gasteiger partial charge in [0.2, 0.25) is 6.10 Å². The van der Waals surface area contributed by atoms with Crippen LogP contribution in [0.1, 0.15) is 18.4 Å². The molecule has 0 spiro atoms. The number of nitrogens with zero attached hydrogens (tertiary/aromatic N) is 1. The molecule has 1 aromatic heterocycles. The fourth-order valence-corrected chi connectivity index (χ4v) is 2.48. The van der Waals surface area contributed by atoms with Crippen LogP contribution in [0.4, 0.5) is 0 Å². The van der Waals surface area contributed by atoms with Crippen LogP contribution in [0.2, 0.25) is 0 Å². The van der Waals surface area contributed by atoms with Crippen LogP contribution in [-0.2, 0) is 4.79 Å². The normalized spacial score (nSPS) is 13.2. The van der Waals surface area contributed by atoms with Gasteiger partial charge in [0, 0.05) is 11.5 Å². The molecular formula is C19H17NO5. The van der Waals surface area contributed by atoms with Gasteiger partial charge in [-0.3, -0.25) is 0 Å². The van der Waals surface area contributed by atoms with Gasteiger partial charge < -0.3 is 19.4 Å². The quantitative estimate of drug-likeness (QED) is 0.711. The largest absolute Gasteiger partial charge is 0.508 e. The number of carboxylic acids is 1. The monoisotopic (exact) mass is 339 g/mol. The molecule has 2 aromatic carbocycles. The third-order valence-electron chi connectivity index (χ3n) is 3.89. The second-order valence-corrected chi connectivity index (χ2v) is 5.61. The molecule has 0 saturated heterocycles. The van der Waals surface area contributed by atoms with Crippen LogP contribution in [0, 0.1) is 0 Å². The Labute approximate surface area is 144 Å². The van der Waals surface area contributed by atoms with E-state index in [2.05, 4.69) is 4.98 Å². The zero-order valence-corrected chi connectivity index (χ0v) is 13.5. The Balaban J connectivity index is 1.79. The van der Waals surface area contributed by atoms with E-state index in [-0.39, 0.29) is 11.8 Å². The van der Waals surface area contributed by atoms with Crippen molar-refractivity contribution >= 4 is 5.97 Å². The molecule has 25 heavy (non-hydrogen) atoms. The van der Waals surface area contributed by atoms with E-state index in [1.54, 1.807) is 19.1 Å². The number of aliphatic carboxylic acids is 1. The second-order valence-electron chi connectivity index (χ2n) is 5.61. The van der Waals surface area contributed by atoms with Crippen LogP contribution < -0.4 is 4.74 Å². The van der Waals surface area contributed by atoms with Crippen molar-refractivity contribution in [2.45, 2.75) is 18.9 Å². The van der Waals surface area contributed by atoms with Gasteiger partial charge in [-0.05, 0) is 17.7 Å². The molecule has 0 aliphatic rings. The molecule has 6 nitrogen and oxygen atoms in total. The summed E-state index contributed by atoms with van der Waals surface area (Å²) >= 11 is 0.